The van der Waals surface area contributed by atoms with Gasteiger partial charge in [-0.05, 0) is 35.1 Å². The van der Waals surface area contributed by atoms with Gasteiger partial charge >= 0.3 is 0 Å². The smallest absolute Gasteiger partial charge is 0.219 e. The molecule has 0 aliphatic rings. The van der Waals surface area contributed by atoms with Crippen LogP contribution in [0.2, 0.25) is 0 Å². The molecule has 8 heteroatoms. The summed E-state index contributed by atoms with van der Waals surface area (Å²) in [5.41, 5.74) is 16.7. The highest BCUT2D eigenvalue weighted by molar-refractivity contribution is 5.48. The van der Waals surface area contributed by atoms with E-state index >= 15 is 0 Å². The number of hydrogen-bond acceptors (Lipinski definition) is 6. The van der Waals surface area contributed by atoms with E-state index in [2.05, 4.69) is 57.6 Å². The van der Waals surface area contributed by atoms with Gasteiger partial charge in [0.15, 0.2) is 11.6 Å². The molecule has 4 rings (SSSR count). The van der Waals surface area contributed by atoms with Gasteiger partial charge < -0.3 is 11.5 Å². The van der Waals surface area contributed by atoms with Gasteiger partial charge in [-0.25, -0.2) is 9.36 Å². The number of unbranched alkanes of at least 4 members (excludes halogenated alkanes) is 6. The normalized spacial score (nSPS) is 11.1. The monoisotopic (exact) mass is 524 g/mol. The van der Waals surface area contributed by atoms with Gasteiger partial charge in [-0.1, -0.05) is 106 Å². The number of anilines is 2. The molecule has 4 N–H and O–H groups in total. The first-order chi connectivity index (χ1) is 19.0. The van der Waals surface area contributed by atoms with E-state index in [4.69, 9.17) is 11.5 Å². The Morgan fingerprint density at radius 2 is 0.923 bits per heavy atom. The summed E-state index contributed by atoms with van der Waals surface area (Å²) in [6.45, 7) is 8.84. The van der Waals surface area contributed by atoms with Gasteiger partial charge in [0.1, 0.15) is 0 Å². The van der Waals surface area contributed by atoms with E-state index in [0.717, 1.165) is 59.6 Å². The molecule has 0 saturated heterocycles. The van der Waals surface area contributed by atoms with Crippen LogP contribution in [0.3, 0.4) is 0 Å². The van der Waals surface area contributed by atoms with E-state index in [1.165, 1.54) is 32.1 Å². The molecule has 0 aliphatic heterocycles. The number of aryl methyl sites for hydroxylation is 2. The van der Waals surface area contributed by atoms with Gasteiger partial charge in [0, 0.05) is 12.8 Å². The van der Waals surface area contributed by atoms with E-state index in [1.54, 1.807) is 9.36 Å². The molecule has 0 spiro atoms. The highest BCUT2D eigenvalue weighted by Gasteiger charge is 2.09. The number of benzene rings is 2. The maximum absolute atomic E-state index is 6.09. The van der Waals surface area contributed by atoms with Crippen LogP contribution in [0.4, 0.5) is 11.9 Å². The number of nitrogens with two attached hydrogens (primary N) is 2. The largest absolute Gasteiger partial charge is 0.368 e. The molecule has 8 nitrogen and oxygen atoms in total. The summed E-state index contributed by atoms with van der Waals surface area (Å²) < 4.78 is 3.56. The lowest BCUT2D eigenvalue weighted by atomic mass is 10.1. The highest BCUT2D eigenvalue weighted by Crippen LogP contribution is 2.14. The molecule has 0 amide bonds. The predicted molar refractivity (Wildman–Crippen MR) is 160 cm³/mol. The van der Waals surface area contributed by atoms with E-state index in [1.807, 2.05) is 36.4 Å². The van der Waals surface area contributed by atoms with Crippen LogP contribution >= 0.6 is 0 Å². The van der Waals surface area contributed by atoms with Gasteiger partial charge in [0.05, 0.1) is 13.1 Å². The van der Waals surface area contributed by atoms with Crippen LogP contribution in [0, 0.1) is 0 Å². The standard InChI is InChI=1S/C31H40N8/c1-3-24-14-18-26(19-15-24)22-38-30(32)34-28(36-38)12-10-8-6-5-7-9-11-13-29-35-31(33)39(37-29)23-27-20-16-25(4-2)17-21-27/h3-4,14-21H,1-2,5-13,22-23H2,(H2,32,34,36)(H2,33,35,37). The molecule has 2 heterocycles. The van der Waals surface area contributed by atoms with Crippen molar-refractivity contribution in [3.05, 3.63) is 95.6 Å². The van der Waals surface area contributed by atoms with Crippen LogP contribution in [0.1, 0.15) is 78.8 Å². The van der Waals surface area contributed by atoms with Gasteiger partial charge in [0.2, 0.25) is 11.9 Å². The van der Waals surface area contributed by atoms with Crippen LogP contribution in [0.15, 0.2) is 61.7 Å². The summed E-state index contributed by atoms with van der Waals surface area (Å²) >= 11 is 0. The number of nitrogens with zero attached hydrogens (tertiary/aromatic N) is 6. The highest BCUT2D eigenvalue weighted by atomic mass is 15.4. The summed E-state index contributed by atoms with van der Waals surface area (Å²) in [6, 6.07) is 16.5. The molecule has 0 aliphatic carbocycles. The van der Waals surface area contributed by atoms with Crippen LogP contribution in [-0.2, 0) is 25.9 Å². The summed E-state index contributed by atoms with van der Waals surface area (Å²) in [7, 11) is 0. The summed E-state index contributed by atoms with van der Waals surface area (Å²) in [5.74, 6) is 2.60. The molecule has 0 unspecified atom stereocenters. The Kier molecular flexibility index (Phi) is 10.1. The maximum Gasteiger partial charge on any atom is 0.219 e. The van der Waals surface area contributed by atoms with Gasteiger partial charge in [-0.3, -0.25) is 0 Å². The summed E-state index contributed by atoms with van der Waals surface area (Å²) in [5, 5.41) is 9.21. The van der Waals surface area contributed by atoms with E-state index in [-0.39, 0.29) is 0 Å². The van der Waals surface area contributed by atoms with Crippen molar-refractivity contribution in [2.75, 3.05) is 11.5 Å². The zero-order valence-corrected chi connectivity index (χ0v) is 22.8. The number of aromatic nitrogens is 6. The molecule has 0 bridgehead atoms. The fraction of sp³-hybridized carbons (Fsp3) is 0.355. The first-order valence-electron chi connectivity index (χ1n) is 13.8. The third kappa shape index (κ3) is 8.40. The Morgan fingerprint density at radius 1 is 0.564 bits per heavy atom. The third-order valence-electron chi connectivity index (χ3n) is 6.88. The zero-order chi connectivity index (χ0) is 27.5. The lowest BCUT2D eigenvalue weighted by Gasteiger charge is -2.03. The number of nitrogen functional groups attached to an aromatic ring is 2. The predicted octanol–water partition coefficient (Wildman–Crippen LogP) is 5.93. The third-order valence-corrected chi connectivity index (χ3v) is 6.88. The Morgan fingerprint density at radius 3 is 1.28 bits per heavy atom. The van der Waals surface area contributed by atoms with Gasteiger partial charge in [-0.15, -0.1) is 0 Å². The first-order valence-corrected chi connectivity index (χ1v) is 13.8. The molecular formula is C31H40N8. The Balaban J connectivity index is 1.07. The van der Waals surface area contributed by atoms with E-state index in [0.29, 0.717) is 25.0 Å². The Bertz CT molecular complexity index is 1230. The quantitative estimate of drug-likeness (QED) is 0.176. The summed E-state index contributed by atoms with van der Waals surface area (Å²) in [4.78, 5) is 8.91. The van der Waals surface area contributed by atoms with Crippen molar-refractivity contribution in [3.8, 4) is 0 Å². The lowest BCUT2D eigenvalue weighted by Crippen LogP contribution is -2.06. The Hall–Kier alpha value is -4.20. The second-order valence-electron chi connectivity index (χ2n) is 9.95. The van der Waals surface area contributed by atoms with Crippen molar-refractivity contribution in [2.45, 2.75) is 70.9 Å². The topological polar surface area (TPSA) is 113 Å². The molecule has 39 heavy (non-hydrogen) atoms. The first kappa shape index (κ1) is 27.8. The molecule has 0 fully saturated rings. The second-order valence-corrected chi connectivity index (χ2v) is 9.95. The molecule has 0 atom stereocenters. The van der Waals surface area contributed by atoms with Crippen molar-refractivity contribution in [2.24, 2.45) is 0 Å². The van der Waals surface area contributed by atoms with Crippen molar-refractivity contribution >= 4 is 24.0 Å². The number of rotatable bonds is 16. The zero-order valence-electron chi connectivity index (χ0n) is 22.8. The number of hydrogen-bond donors (Lipinski definition) is 2. The minimum Gasteiger partial charge on any atom is -0.368 e. The van der Waals surface area contributed by atoms with Crippen LogP contribution in [0.5, 0.6) is 0 Å². The van der Waals surface area contributed by atoms with Crippen molar-refractivity contribution in [1.82, 2.24) is 29.5 Å². The maximum atomic E-state index is 6.09. The molecule has 2 aromatic carbocycles. The van der Waals surface area contributed by atoms with Crippen LogP contribution < -0.4 is 11.5 Å². The SMILES string of the molecule is C=Cc1ccc(Cn2nc(CCCCCCCCCc3nc(N)n(Cc4ccc(C=C)cc4)n3)nc2N)cc1. The van der Waals surface area contributed by atoms with Crippen molar-refractivity contribution in [1.29, 1.82) is 0 Å². The molecular weight excluding hydrogens is 484 g/mol. The Labute approximate surface area is 231 Å². The van der Waals surface area contributed by atoms with Crippen molar-refractivity contribution in [3.63, 3.8) is 0 Å². The lowest BCUT2D eigenvalue weighted by molar-refractivity contribution is 0.568. The van der Waals surface area contributed by atoms with Gasteiger partial charge in [0.25, 0.3) is 0 Å². The molecule has 4 aromatic rings. The van der Waals surface area contributed by atoms with E-state index < -0.39 is 0 Å². The molecule has 0 saturated carbocycles. The molecule has 0 radical (unpaired) electrons. The average molecular weight is 525 g/mol. The minimum absolute atomic E-state index is 0.473. The second kappa shape index (κ2) is 14.1. The minimum atomic E-state index is 0.473. The fourth-order valence-corrected chi connectivity index (χ4v) is 4.56. The summed E-state index contributed by atoms with van der Waals surface area (Å²) in [6.07, 6.45) is 13.6. The average Bonchev–Trinajstić information content (AvgIpc) is 3.48. The fourth-order valence-electron chi connectivity index (χ4n) is 4.56. The van der Waals surface area contributed by atoms with Crippen molar-refractivity contribution < 1.29 is 0 Å². The molecule has 2 aromatic heterocycles. The van der Waals surface area contributed by atoms with E-state index in [9.17, 15) is 0 Å². The van der Waals surface area contributed by atoms with Crippen LogP contribution in [0.25, 0.3) is 12.2 Å². The molecule has 204 valence electrons. The van der Waals surface area contributed by atoms with Gasteiger partial charge in [-0.2, -0.15) is 20.2 Å². The van der Waals surface area contributed by atoms with Crippen LogP contribution in [-0.4, -0.2) is 29.5 Å².